The molecule has 7 nitrogen and oxygen atoms in total. The number of aromatic nitrogens is 3. The first-order valence-electron chi connectivity index (χ1n) is 10.2. The predicted molar refractivity (Wildman–Crippen MR) is 114 cm³/mol. The lowest BCUT2D eigenvalue weighted by Gasteiger charge is -2.17. The number of benzene rings is 2. The standard InChI is InChI=1S/C23H19F2N5O2/c1-13-21(22(29-32-13)14-5-3-2-4-6-14)23(31)30-8-7-15(12-30)27-20-11-26-18-9-16(24)17(25)10-19(18)28-20/h2-6,9-11,15H,7-8,12H2,1H3,(H,27,28). The fourth-order valence-electron chi connectivity index (χ4n) is 3.92. The molecule has 1 aliphatic heterocycles. The summed E-state index contributed by atoms with van der Waals surface area (Å²) in [5.41, 5.74) is 2.33. The number of rotatable bonds is 4. The van der Waals surface area contributed by atoms with Crippen molar-refractivity contribution in [3.05, 3.63) is 71.6 Å². The van der Waals surface area contributed by atoms with Gasteiger partial charge in [0.1, 0.15) is 22.8 Å². The van der Waals surface area contributed by atoms with E-state index in [1.807, 2.05) is 30.3 Å². The predicted octanol–water partition coefficient (Wildman–Crippen LogP) is 4.20. The first kappa shape index (κ1) is 20.0. The van der Waals surface area contributed by atoms with E-state index in [-0.39, 0.29) is 23.0 Å². The van der Waals surface area contributed by atoms with E-state index in [2.05, 4.69) is 20.4 Å². The van der Waals surface area contributed by atoms with Gasteiger partial charge in [0.2, 0.25) is 0 Å². The molecule has 1 saturated heterocycles. The summed E-state index contributed by atoms with van der Waals surface area (Å²) in [6.45, 7) is 2.73. The molecule has 0 saturated carbocycles. The minimum absolute atomic E-state index is 0.0589. The van der Waals surface area contributed by atoms with Gasteiger partial charge in [-0.3, -0.25) is 9.78 Å². The number of hydrogen-bond acceptors (Lipinski definition) is 6. The lowest BCUT2D eigenvalue weighted by atomic mass is 10.1. The van der Waals surface area contributed by atoms with Crippen LogP contribution in [0.3, 0.4) is 0 Å². The second-order valence-electron chi connectivity index (χ2n) is 7.72. The van der Waals surface area contributed by atoms with Crippen LogP contribution in [-0.4, -0.2) is 45.1 Å². The van der Waals surface area contributed by atoms with Crippen molar-refractivity contribution in [3.63, 3.8) is 0 Å². The summed E-state index contributed by atoms with van der Waals surface area (Å²) in [5, 5.41) is 7.33. The van der Waals surface area contributed by atoms with Crippen LogP contribution in [0.5, 0.6) is 0 Å². The third kappa shape index (κ3) is 3.66. The van der Waals surface area contributed by atoms with Gasteiger partial charge in [-0.25, -0.2) is 13.8 Å². The number of amides is 1. The van der Waals surface area contributed by atoms with Crippen LogP contribution in [0, 0.1) is 18.6 Å². The van der Waals surface area contributed by atoms with Gasteiger partial charge in [0.25, 0.3) is 5.91 Å². The maximum absolute atomic E-state index is 13.5. The molecule has 3 heterocycles. The fourth-order valence-corrected chi connectivity index (χ4v) is 3.92. The number of carbonyl (C=O) groups excluding carboxylic acids is 1. The summed E-state index contributed by atoms with van der Waals surface area (Å²) in [5.74, 6) is -1.17. The van der Waals surface area contributed by atoms with Gasteiger partial charge in [-0.1, -0.05) is 35.5 Å². The van der Waals surface area contributed by atoms with Gasteiger partial charge in [0.15, 0.2) is 11.6 Å². The van der Waals surface area contributed by atoms with Gasteiger partial charge in [-0.05, 0) is 13.3 Å². The summed E-state index contributed by atoms with van der Waals surface area (Å²) in [7, 11) is 0. The second-order valence-corrected chi connectivity index (χ2v) is 7.72. The molecule has 9 heteroatoms. The highest BCUT2D eigenvalue weighted by Gasteiger charge is 2.31. The molecular formula is C23H19F2N5O2. The molecule has 1 aliphatic rings. The summed E-state index contributed by atoms with van der Waals surface area (Å²) in [4.78, 5) is 23.5. The van der Waals surface area contributed by atoms with Gasteiger partial charge >= 0.3 is 0 Å². The molecule has 1 atom stereocenters. The van der Waals surface area contributed by atoms with Crippen molar-refractivity contribution in [3.8, 4) is 11.3 Å². The van der Waals surface area contributed by atoms with E-state index in [0.29, 0.717) is 42.3 Å². The Morgan fingerprint density at radius 2 is 1.91 bits per heavy atom. The molecule has 0 spiro atoms. The van der Waals surface area contributed by atoms with Crippen LogP contribution in [0.4, 0.5) is 14.6 Å². The monoisotopic (exact) mass is 435 g/mol. The van der Waals surface area contributed by atoms with Crippen molar-refractivity contribution in [2.45, 2.75) is 19.4 Å². The summed E-state index contributed by atoms with van der Waals surface area (Å²) in [6.07, 6.45) is 2.18. The molecule has 2 aromatic carbocycles. The second kappa shape index (κ2) is 7.99. The maximum atomic E-state index is 13.5. The molecule has 0 radical (unpaired) electrons. The molecule has 162 valence electrons. The minimum Gasteiger partial charge on any atom is -0.364 e. The van der Waals surface area contributed by atoms with Crippen molar-refractivity contribution < 1.29 is 18.1 Å². The van der Waals surface area contributed by atoms with Crippen LogP contribution in [0.15, 0.2) is 53.2 Å². The number of carbonyl (C=O) groups is 1. The Bertz CT molecular complexity index is 1310. The smallest absolute Gasteiger partial charge is 0.259 e. The van der Waals surface area contributed by atoms with Crippen LogP contribution in [0.25, 0.3) is 22.3 Å². The molecule has 2 aromatic heterocycles. The Hall–Kier alpha value is -3.88. The van der Waals surface area contributed by atoms with Gasteiger partial charge in [0.05, 0.1) is 17.2 Å². The zero-order chi connectivity index (χ0) is 22.2. The largest absolute Gasteiger partial charge is 0.364 e. The molecule has 1 N–H and O–H groups in total. The lowest BCUT2D eigenvalue weighted by Crippen LogP contribution is -2.32. The minimum atomic E-state index is -0.972. The number of nitrogens with one attached hydrogen (secondary N) is 1. The summed E-state index contributed by atoms with van der Waals surface area (Å²) in [6, 6.07) is 11.4. The van der Waals surface area contributed by atoms with Crippen molar-refractivity contribution in [1.29, 1.82) is 0 Å². The number of fused-ring (bicyclic) bond motifs is 1. The van der Waals surface area contributed by atoms with Crippen LogP contribution in [-0.2, 0) is 0 Å². The van der Waals surface area contributed by atoms with Crippen LogP contribution >= 0.6 is 0 Å². The Labute approximate surface area is 182 Å². The van der Waals surface area contributed by atoms with Gasteiger partial charge in [0, 0.05) is 36.8 Å². The number of nitrogens with zero attached hydrogens (tertiary/aromatic N) is 4. The quantitative estimate of drug-likeness (QED) is 0.517. The van der Waals surface area contributed by atoms with E-state index in [4.69, 9.17) is 4.52 Å². The highest BCUT2D eigenvalue weighted by molar-refractivity contribution is 6.01. The number of aryl methyl sites for hydroxylation is 1. The molecule has 5 rings (SSSR count). The average molecular weight is 435 g/mol. The molecule has 1 amide bonds. The Morgan fingerprint density at radius 3 is 2.69 bits per heavy atom. The highest BCUT2D eigenvalue weighted by atomic mass is 19.2. The van der Waals surface area contributed by atoms with E-state index in [0.717, 1.165) is 17.7 Å². The van der Waals surface area contributed by atoms with Crippen molar-refractivity contribution in [2.24, 2.45) is 0 Å². The van der Waals surface area contributed by atoms with Crippen LogP contribution in [0.1, 0.15) is 22.5 Å². The molecule has 1 unspecified atom stereocenters. The average Bonchev–Trinajstić information content (AvgIpc) is 3.41. The van der Waals surface area contributed by atoms with E-state index < -0.39 is 11.6 Å². The number of halogens is 2. The third-order valence-corrected chi connectivity index (χ3v) is 5.54. The van der Waals surface area contributed by atoms with Crippen molar-refractivity contribution in [2.75, 3.05) is 18.4 Å². The normalized spacial score (nSPS) is 16.0. The number of likely N-dealkylation sites (tertiary alicyclic amines) is 1. The third-order valence-electron chi connectivity index (χ3n) is 5.54. The van der Waals surface area contributed by atoms with Gasteiger partial charge in [-0.15, -0.1) is 0 Å². The highest BCUT2D eigenvalue weighted by Crippen LogP contribution is 2.28. The lowest BCUT2D eigenvalue weighted by molar-refractivity contribution is 0.0790. The fraction of sp³-hybridized carbons (Fsp3) is 0.217. The Morgan fingerprint density at radius 1 is 1.16 bits per heavy atom. The molecule has 0 aliphatic carbocycles. The number of hydrogen-bond donors (Lipinski definition) is 1. The van der Waals surface area contributed by atoms with Crippen molar-refractivity contribution >= 4 is 22.8 Å². The first-order valence-corrected chi connectivity index (χ1v) is 10.2. The van der Waals surface area contributed by atoms with Crippen molar-refractivity contribution in [1.82, 2.24) is 20.0 Å². The zero-order valence-electron chi connectivity index (χ0n) is 17.2. The van der Waals surface area contributed by atoms with E-state index in [9.17, 15) is 13.6 Å². The Kier molecular flexibility index (Phi) is 5.01. The van der Waals surface area contributed by atoms with E-state index in [1.54, 1.807) is 11.8 Å². The van der Waals surface area contributed by atoms with E-state index in [1.165, 1.54) is 6.20 Å². The molecule has 1 fully saturated rings. The van der Waals surface area contributed by atoms with E-state index >= 15 is 0 Å². The number of anilines is 1. The first-order chi connectivity index (χ1) is 15.5. The molecular weight excluding hydrogens is 416 g/mol. The maximum Gasteiger partial charge on any atom is 0.259 e. The van der Waals surface area contributed by atoms with Crippen LogP contribution in [0.2, 0.25) is 0 Å². The topological polar surface area (TPSA) is 84.2 Å². The van der Waals surface area contributed by atoms with Gasteiger partial charge in [-0.2, -0.15) is 0 Å². The SMILES string of the molecule is Cc1onc(-c2ccccc2)c1C(=O)N1CCC(Nc2cnc3cc(F)c(F)cc3n2)C1. The molecule has 0 bridgehead atoms. The molecule has 32 heavy (non-hydrogen) atoms. The van der Waals surface area contributed by atoms with Crippen LogP contribution < -0.4 is 5.32 Å². The summed E-state index contributed by atoms with van der Waals surface area (Å²) >= 11 is 0. The van der Waals surface area contributed by atoms with Gasteiger partial charge < -0.3 is 14.7 Å². The Balaban J connectivity index is 1.32. The molecule has 4 aromatic rings. The summed E-state index contributed by atoms with van der Waals surface area (Å²) < 4.78 is 32.2. The zero-order valence-corrected chi connectivity index (χ0v) is 17.2.